The van der Waals surface area contributed by atoms with Gasteiger partial charge in [-0.05, 0) is 36.5 Å². The summed E-state index contributed by atoms with van der Waals surface area (Å²) in [6.45, 7) is 5.64. The van der Waals surface area contributed by atoms with Gasteiger partial charge in [-0.25, -0.2) is 0 Å². The number of hydrogen-bond acceptors (Lipinski definition) is 5. The Kier molecular flexibility index (Phi) is 6.42. The summed E-state index contributed by atoms with van der Waals surface area (Å²) < 4.78 is 0. The van der Waals surface area contributed by atoms with E-state index in [-0.39, 0.29) is 0 Å². The van der Waals surface area contributed by atoms with Gasteiger partial charge in [-0.15, -0.1) is 35.3 Å². The second-order valence-corrected chi connectivity index (χ2v) is 7.07. The highest BCUT2D eigenvalue weighted by Crippen LogP contribution is 2.37. The van der Waals surface area contributed by atoms with Crippen LogP contribution in [-0.2, 0) is 6.54 Å². The molecule has 0 amide bonds. The van der Waals surface area contributed by atoms with E-state index < -0.39 is 0 Å². The molecule has 106 valence electrons. The van der Waals surface area contributed by atoms with E-state index in [2.05, 4.69) is 41.1 Å². The maximum absolute atomic E-state index is 3.41. The van der Waals surface area contributed by atoms with Gasteiger partial charge >= 0.3 is 0 Å². The van der Waals surface area contributed by atoms with Gasteiger partial charge in [0.15, 0.2) is 0 Å². The molecule has 2 nitrogen and oxygen atoms in total. The highest BCUT2D eigenvalue weighted by atomic mass is 32.2. The lowest BCUT2D eigenvalue weighted by Gasteiger charge is -2.27. The van der Waals surface area contributed by atoms with E-state index in [0.717, 1.165) is 32.7 Å². The number of thioether (sulfide) groups is 3. The minimum atomic E-state index is 1.08. The van der Waals surface area contributed by atoms with Gasteiger partial charge in [0.05, 0.1) is 0 Å². The van der Waals surface area contributed by atoms with E-state index in [0.29, 0.717) is 0 Å². The Balaban J connectivity index is 2.20. The Morgan fingerprint density at radius 3 is 2.05 bits per heavy atom. The third kappa shape index (κ3) is 4.08. The number of benzene rings is 1. The summed E-state index contributed by atoms with van der Waals surface area (Å²) in [5.74, 6) is 0. The van der Waals surface area contributed by atoms with Crippen LogP contribution in [0.5, 0.6) is 0 Å². The molecule has 0 bridgehead atoms. The molecule has 1 aliphatic heterocycles. The fourth-order valence-electron chi connectivity index (χ4n) is 2.35. The van der Waals surface area contributed by atoms with Gasteiger partial charge in [0.2, 0.25) is 0 Å². The van der Waals surface area contributed by atoms with Gasteiger partial charge in [-0.3, -0.25) is 4.90 Å². The van der Waals surface area contributed by atoms with Gasteiger partial charge in [0.25, 0.3) is 0 Å². The van der Waals surface area contributed by atoms with Crippen LogP contribution in [0.4, 0.5) is 0 Å². The summed E-state index contributed by atoms with van der Waals surface area (Å²) in [7, 11) is 0. The molecule has 2 rings (SSSR count). The second-order valence-electron chi connectivity index (χ2n) is 4.56. The molecule has 0 atom stereocenters. The smallest absolute Gasteiger partial charge is 0.0341 e. The molecule has 5 heteroatoms. The molecule has 0 unspecified atom stereocenters. The van der Waals surface area contributed by atoms with Crippen LogP contribution in [0, 0.1) is 0 Å². The lowest BCUT2D eigenvalue weighted by Crippen LogP contribution is -2.42. The average molecular weight is 315 g/mol. The monoisotopic (exact) mass is 314 g/mol. The normalized spacial score (nSPS) is 16.8. The van der Waals surface area contributed by atoms with Crippen molar-refractivity contribution in [3.05, 3.63) is 17.7 Å². The van der Waals surface area contributed by atoms with Crippen LogP contribution < -0.4 is 5.32 Å². The highest BCUT2D eigenvalue weighted by molar-refractivity contribution is 8.03. The van der Waals surface area contributed by atoms with Crippen molar-refractivity contribution in [3.63, 3.8) is 0 Å². The molecule has 1 aromatic rings. The first-order valence-corrected chi connectivity index (χ1v) is 10.2. The largest absolute Gasteiger partial charge is 0.314 e. The van der Waals surface area contributed by atoms with Crippen LogP contribution in [-0.4, -0.2) is 49.8 Å². The van der Waals surface area contributed by atoms with E-state index in [4.69, 9.17) is 0 Å². The van der Waals surface area contributed by atoms with Gasteiger partial charge in [0, 0.05) is 47.4 Å². The summed E-state index contributed by atoms with van der Waals surface area (Å²) in [5, 5.41) is 3.41. The minimum absolute atomic E-state index is 1.08. The molecule has 0 aliphatic carbocycles. The van der Waals surface area contributed by atoms with Gasteiger partial charge in [-0.1, -0.05) is 0 Å². The minimum Gasteiger partial charge on any atom is -0.314 e. The Labute approximate surface area is 129 Å². The Morgan fingerprint density at radius 1 is 1.00 bits per heavy atom. The predicted octanol–water partition coefficient (Wildman–Crippen LogP) is 3.26. The lowest BCUT2D eigenvalue weighted by atomic mass is 10.2. The molecular weight excluding hydrogens is 292 g/mol. The van der Waals surface area contributed by atoms with Crippen molar-refractivity contribution in [1.29, 1.82) is 0 Å². The third-order valence-corrected chi connectivity index (χ3v) is 5.97. The predicted molar refractivity (Wildman–Crippen MR) is 89.9 cm³/mol. The summed E-state index contributed by atoms with van der Waals surface area (Å²) in [6.07, 6.45) is 6.52. The van der Waals surface area contributed by atoms with E-state index in [1.54, 1.807) is 0 Å². The molecule has 1 fully saturated rings. The van der Waals surface area contributed by atoms with Gasteiger partial charge in [-0.2, -0.15) is 0 Å². The number of rotatable bonds is 5. The fraction of sp³-hybridized carbons (Fsp3) is 0.571. The SMILES string of the molecule is CSc1cc(CN2CCNCC2)cc(SC)c1SC. The number of nitrogens with one attached hydrogen (secondary N) is 1. The summed E-state index contributed by atoms with van der Waals surface area (Å²) in [6, 6.07) is 4.75. The molecule has 19 heavy (non-hydrogen) atoms. The zero-order valence-electron chi connectivity index (χ0n) is 11.9. The summed E-state index contributed by atoms with van der Waals surface area (Å²) in [4.78, 5) is 6.82. The highest BCUT2D eigenvalue weighted by Gasteiger charge is 2.13. The van der Waals surface area contributed by atoms with Crippen molar-refractivity contribution in [2.45, 2.75) is 21.2 Å². The first-order valence-electron chi connectivity index (χ1n) is 6.50. The molecular formula is C14H22N2S3. The molecule has 0 aromatic heterocycles. The zero-order valence-corrected chi connectivity index (χ0v) is 14.3. The third-order valence-electron chi connectivity index (χ3n) is 3.34. The van der Waals surface area contributed by atoms with E-state index >= 15 is 0 Å². The van der Waals surface area contributed by atoms with Crippen molar-refractivity contribution >= 4 is 35.3 Å². The van der Waals surface area contributed by atoms with E-state index in [1.165, 1.54) is 20.2 Å². The average Bonchev–Trinajstić information content (AvgIpc) is 2.47. The first-order chi connectivity index (χ1) is 9.28. The van der Waals surface area contributed by atoms with Crippen molar-refractivity contribution in [1.82, 2.24) is 10.2 Å². The zero-order chi connectivity index (χ0) is 13.7. The maximum atomic E-state index is 3.41. The molecule has 0 saturated carbocycles. The standard InChI is InChI=1S/C14H22N2S3/c1-17-12-8-11(9-13(18-2)14(12)19-3)10-16-6-4-15-5-7-16/h8-9,15H,4-7,10H2,1-3H3. The van der Waals surface area contributed by atoms with Crippen LogP contribution in [0.15, 0.2) is 26.8 Å². The fourth-order valence-corrected chi connectivity index (χ4v) is 5.07. The topological polar surface area (TPSA) is 15.3 Å². The Hall–Kier alpha value is 0.190. The number of hydrogen-bond donors (Lipinski definition) is 1. The van der Waals surface area contributed by atoms with Crippen LogP contribution >= 0.6 is 35.3 Å². The van der Waals surface area contributed by atoms with Gasteiger partial charge < -0.3 is 5.32 Å². The van der Waals surface area contributed by atoms with Crippen LogP contribution in [0.3, 0.4) is 0 Å². The molecule has 1 N–H and O–H groups in total. The molecule has 0 spiro atoms. The second kappa shape index (κ2) is 7.84. The van der Waals surface area contributed by atoms with Crippen molar-refractivity contribution in [2.24, 2.45) is 0 Å². The van der Waals surface area contributed by atoms with Gasteiger partial charge in [0.1, 0.15) is 0 Å². The maximum Gasteiger partial charge on any atom is 0.0341 e. The van der Waals surface area contributed by atoms with Crippen molar-refractivity contribution in [2.75, 3.05) is 44.9 Å². The van der Waals surface area contributed by atoms with Crippen LogP contribution in [0.2, 0.25) is 0 Å². The Morgan fingerprint density at radius 2 is 1.58 bits per heavy atom. The van der Waals surface area contributed by atoms with Crippen LogP contribution in [0.25, 0.3) is 0 Å². The summed E-state index contributed by atoms with van der Waals surface area (Å²) in [5.41, 5.74) is 1.45. The molecule has 1 saturated heterocycles. The van der Waals surface area contributed by atoms with Crippen molar-refractivity contribution in [3.8, 4) is 0 Å². The molecule has 1 heterocycles. The number of nitrogens with zero attached hydrogens (tertiary/aromatic N) is 1. The molecule has 1 aromatic carbocycles. The first kappa shape index (κ1) is 15.6. The molecule has 0 radical (unpaired) electrons. The van der Waals surface area contributed by atoms with E-state index in [1.807, 2.05) is 35.3 Å². The summed E-state index contributed by atoms with van der Waals surface area (Å²) >= 11 is 5.58. The van der Waals surface area contributed by atoms with E-state index in [9.17, 15) is 0 Å². The molecule has 1 aliphatic rings. The van der Waals surface area contributed by atoms with Crippen molar-refractivity contribution < 1.29 is 0 Å². The lowest BCUT2D eigenvalue weighted by molar-refractivity contribution is 0.233. The Bertz CT molecular complexity index is 392. The van der Waals surface area contributed by atoms with Crippen LogP contribution in [0.1, 0.15) is 5.56 Å². The number of piperazine rings is 1. The quantitative estimate of drug-likeness (QED) is 0.837.